The first-order chi connectivity index (χ1) is 13.1. The SMILES string of the molecule is N#Cc1ccccc1NC(=O)c1cncc(C(=O)Nc2ccc(Cl)cc2)c1. The molecule has 0 aliphatic rings. The molecule has 0 spiro atoms. The Bertz CT molecular complexity index is 1040. The molecule has 0 aliphatic carbocycles. The molecule has 27 heavy (non-hydrogen) atoms. The molecule has 0 unspecified atom stereocenters. The van der Waals surface area contributed by atoms with Crippen molar-refractivity contribution in [1.29, 1.82) is 5.26 Å². The van der Waals surface area contributed by atoms with Crippen LogP contribution in [0.15, 0.2) is 67.0 Å². The number of nitrogens with zero attached hydrogens (tertiary/aromatic N) is 2. The van der Waals surface area contributed by atoms with Crippen LogP contribution in [-0.4, -0.2) is 16.8 Å². The van der Waals surface area contributed by atoms with Crippen molar-refractivity contribution >= 4 is 34.8 Å². The Labute approximate surface area is 160 Å². The van der Waals surface area contributed by atoms with Crippen LogP contribution in [0.5, 0.6) is 0 Å². The highest BCUT2D eigenvalue weighted by Crippen LogP contribution is 2.17. The van der Waals surface area contributed by atoms with E-state index in [-0.39, 0.29) is 11.1 Å². The van der Waals surface area contributed by atoms with Crippen molar-refractivity contribution in [3.8, 4) is 6.07 Å². The predicted octanol–water partition coefficient (Wildman–Crippen LogP) is 4.11. The van der Waals surface area contributed by atoms with Gasteiger partial charge >= 0.3 is 0 Å². The Morgan fingerprint density at radius 1 is 0.926 bits per heavy atom. The minimum Gasteiger partial charge on any atom is -0.322 e. The Morgan fingerprint density at radius 3 is 2.22 bits per heavy atom. The molecule has 0 fully saturated rings. The van der Waals surface area contributed by atoms with Gasteiger partial charge in [-0.3, -0.25) is 14.6 Å². The number of para-hydroxylation sites is 1. The highest BCUT2D eigenvalue weighted by Gasteiger charge is 2.13. The zero-order valence-corrected chi connectivity index (χ0v) is 14.7. The van der Waals surface area contributed by atoms with Gasteiger partial charge in [-0.1, -0.05) is 23.7 Å². The van der Waals surface area contributed by atoms with Crippen LogP contribution in [0.2, 0.25) is 5.02 Å². The van der Waals surface area contributed by atoms with Crippen LogP contribution in [0.3, 0.4) is 0 Å². The standard InChI is InChI=1S/C20H13ClN4O2/c21-16-5-7-17(8-6-16)24-19(26)14-9-15(12-23-11-14)20(27)25-18-4-2-1-3-13(18)10-22/h1-9,11-12H,(H,24,26)(H,25,27). The maximum Gasteiger partial charge on any atom is 0.257 e. The Morgan fingerprint density at radius 2 is 1.56 bits per heavy atom. The monoisotopic (exact) mass is 376 g/mol. The third-order valence-corrected chi connectivity index (χ3v) is 3.91. The number of nitriles is 1. The number of carbonyl (C=O) groups is 2. The van der Waals surface area contributed by atoms with E-state index in [0.717, 1.165) is 0 Å². The Kier molecular flexibility index (Phi) is 5.45. The van der Waals surface area contributed by atoms with Gasteiger partial charge in [-0.2, -0.15) is 5.26 Å². The molecular formula is C20H13ClN4O2. The molecule has 0 aliphatic heterocycles. The number of nitrogens with one attached hydrogen (secondary N) is 2. The van der Waals surface area contributed by atoms with E-state index in [1.54, 1.807) is 48.5 Å². The van der Waals surface area contributed by atoms with Crippen molar-refractivity contribution in [2.75, 3.05) is 10.6 Å². The fourth-order valence-corrected chi connectivity index (χ4v) is 2.43. The molecule has 3 rings (SSSR count). The van der Waals surface area contributed by atoms with Crippen LogP contribution in [0.25, 0.3) is 0 Å². The summed E-state index contributed by atoms with van der Waals surface area (Å²) in [5, 5.41) is 15.0. The molecule has 1 aromatic heterocycles. The van der Waals surface area contributed by atoms with Gasteiger partial charge in [-0.25, -0.2) is 0 Å². The van der Waals surface area contributed by atoms with E-state index in [4.69, 9.17) is 16.9 Å². The summed E-state index contributed by atoms with van der Waals surface area (Å²) in [5.74, 6) is -0.872. The summed E-state index contributed by atoms with van der Waals surface area (Å²) in [5.41, 5.74) is 1.73. The fourth-order valence-electron chi connectivity index (χ4n) is 2.31. The van der Waals surface area contributed by atoms with Gasteiger partial charge in [0.05, 0.1) is 22.4 Å². The zero-order valence-electron chi connectivity index (χ0n) is 13.9. The molecule has 2 N–H and O–H groups in total. The third kappa shape index (κ3) is 4.48. The average molecular weight is 377 g/mol. The van der Waals surface area contributed by atoms with Crippen molar-refractivity contribution < 1.29 is 9.59 Å². The van der Waals surface area contributed by atoms with Gasteiger partial charge in [0, 0.05) is 23.1 Å². The molecule has 0 atom stereocenters. The zero-order chi connectivity index (χ0) is 19.2. The average Bonchev–Trinajstić information content (AvgIpc) is 2.70. The quantitative estimate of drug-likeness (QED) is 0.716. The number of halogens is 1. The van der Waals surface area contributed by atoms with Gasteiger partial charge in [0.15, 0.2) is 0 Å². The van der Waals surface area contributed by atoms with Gasteiger partial charge in [0.1, 0.15) is 6.07 Å². The van der Waals surface area contributed by atoms with Crippen molar-refractivity contribution in [2.24, 2.45) is 0 Å². The van der Waals surface area contributed by atoms with Crippen LogP contribution in [0.4, 0.5) is 11.4 Å². The summed E-state index contributed by atoms with van der Waals surface area (Å²) >= 11 is 5.82. The number of aromatic nitrogens is 1. The molecule has 132 valence electrons. The second-order valence-electron chi connectivity index (χ2n) is 5.53. The van der Waals surface area contributed by atoms with Crippen LogP contribution >= 0.6 is 11.6 Å². The lowest BCUT2D eigenvalue weighted by atomic mass is 10.1. The minimum atomic E-state index is -0.466. The first-order valence-electron chi connectivity index (χ1n) is 7.89. The first kappa shape index (κ1) is 18.1. The van der Waals surface area contributed by atoms with E-state index in [2.05, 4.69) is 15.6 Å². The van der Waals surface area contributed by atoms with E-state index >= 15 is 0 Å². The van der Waals surface area contributed by atoms with E-state index in [9.17, 15) is 9.59 Å². The molecule has 2 aromatic carbocycles. The van der Waals surface area contributed by atoms with Crippen LogP contribution in [-0.2, 0) is 0 Å². The lowest BCUT2D eigenvalue weighted by molar-refractivity contribution is 0.102. The maximum absolute atomic E-state index is 12.4. The predicted molar refractivity (Wildman–Crippen MR) is 103 cm³/mol. The van der Waals surface area contributed by atoms with Gasteiger partial charge in [0.2, 0.25) is 0 Å². The summed E-state index contributed by atoms with van der Waals surface area (Å²) in [6.07, 6.45) is 2.72. The van der Waals surface area contributed by atoms with Gasteiger partial charge < -0.3 is 10.6 Å². The minimum absolute atomic E-state index is 0.200. The second-order valence-corrected chi connectivity index (χ2v) is 5.97. The second kappa shape index (κ2) is 8.13. The number of rotatable bonds is 4. The smallest absolute Gasteiger partial charge is 0.257 e. The molecular weight excluding hydrogens is 364 g/mol. The Balaban J connectivity index is 1.76. The van der Waals surface area contributed by atoms with Crippen LogP contribution in [0.1, 0.15) is 26.3 Å². The summed E-state index contributed by atoms with van der Waals surface area (Å²) in [7, 11) is 0. The molecule has 1 heterocycles. The third-order valence-electron chi connectivity index (χ3n) is 3.66. The lowest BCUT2D eigenvalue weighted by Crippen LogP contribution is -2.16. The number of benzene rings is 2. The van der Waals surface area contributed by atoms with Gasteiger partial charge in [-0.15, -0.1) is 0 Å². The number of anilines is 2. The molecule has 6 nitrogen and oxygen atoms in total. The number of hydrogen-bond acceptors (Lipinski definition) is 4. The normalized spacial score (nSPS) is 9.93. The highest BCUT2D eigenvalue weighted by atomic mass is 35.5. The highest BCUT2D eigenvalue weighted by molar-refractivity contribution is 6.30. The molecule has 0 bridgehead atoms. The molecule has 0 saturated carbocycles. The van der Waals surface area contributed by atoms with Crippen molar-refractivity contribution in [1.82, 2.24) is 4.98 Å². The first-order valence-corrected chi connectivity index (χ1v) is 8.27. The summed E-state index contributed by atoms with van der Waals surface area (Å²) in [6, 6.07) is 16.7. The molecule has 2 amide bonds. The van der Waals surface area contributed by atoms with Gasteiger partial charge in [-0.05, 0) is 42.5 Å². The summed E-state index contributed by atoms with van der Waals surface area (Å²) in [6.45, 7) is 0. The fraction of sp³-hybridized carbons (Fsp3) is 0. The topological polar surface area (TPSA) is 94.9 Å². The Hall–Kier alpha value is -3.69. The number of amides is 2. The van der Waals surface area contributed by atoms with Crippen molar-refractivity contribution in [3.05, 3.63) is 88.7 Å². The largest absolute Gasteiger partial charge is 0.322 e. The van der Waals surface area contributed by atoms with E-state index in [0.29, 0.717) is 22.0 Å². The summed E-state index contributed by atoms with van der Waals surface area (Å²) in [4.78, 5) is 28.8. The van der Waals surface area contributed by atoms with Crippen LogP contribution in [0, 0.1) is 11.3 Å². The molecule has 7 heteroatoms. The maximum atomic E-state index is 12.4. The number of hydrogen-bond donors (Lipinski definition) is 2. The van der Waals surface area contributed by atoms with Crippen molar-refractivity contribution in [3.63, 3.8) is 0 Å². The summed E-state index contributed by atoms with van der Waals surface area (Å²) < 4.78 is 0. The number of pyridine rings is 1. The molecule has 0 radical (unpaired) electrons. The van der Waals surface area contributed by atoms with Gasteiger partial charge in [0.25, 0.3) is 11.8 Å². The molecule has 0 saturated heterocycles. The number of carbonyl (C=O) groups excluding carboxylic acids is 2. The lowest BCUT2D eigenvalue weighted by Gasteiger charge is -2.08. The van der Waals surface area contributed by atoms with E-state index in [1.807, 2.05) is 6.07 Å². The van der Waals surface area contributed by atoms with Crippen LogP contribution < -0.4 is 10.6 Å². The van der Waals surface area contributed by atoms with Crippen molar-refractivity contribution in [2.45, 2.75) is 0 Å². The van der Waals surface area contributed by atoms with E-state index in [1.165, 1.54) is 18.5 Å². The van der Waals surface area contributed by atoms with E-state index < -0.39 is 11.8 Å². The molecule has 3 aromatic rings.